The second-order valence-electron chi connectivity index (χ2n) is 8.94. The van der Waals surface area contributed by atoms with E-state index in [1.54, 1.807) is 27.7 Å². The van der Waals surface area contributed by atoms with Crippen molar-refractivity contribution in [3.8, 4) is 0 Å². The van der Waals surface area contributed by atoms with Gasteiger partial charge >= 0.3 is 12.2 Å². The normalized spacial score (nSPS) is 17.1. The van der Waals surface area contributed by atoms with Gasteiger partial charge in [-0.25, -0.2) is 14.5 Å². The van der Waals surface area contributed by atoms with Gasteiger partial charge in [0.25, 0.3) is 0 Å². The fraction of sp³-hybridized carbons (Fsp3) is 0.400. The highest BCUT2D eigenvalue weighted by molar-refractivity contribution is 5.95. The summed E-state index contributed by atoms with van der Waals surface area (Å²) < 4.78 is 10.5. The second-order valence-corrected chi connectivity index (χ2v) is 8.94. The minimum Gasteiger partial charge on any atom is -0.447 e. The van der Waals surface area contributed by atoms with Crippen LogP contribution in [0.4, 0.5) is 9.59 Å². The Hall–Kier alpha value is -3.35. The Bertz CT molecular complexity index is 900. The van der Waals surface area contributed by atoms with E-state index in [0.717, 1.165) is 11.1 Å². The third kappa shape index (κ3) is 5.66. The number of ether oxygens (including phenoxy) is 2. The Morgan fingerprint density at radius 1 is 1.06 bits per heavy atom. The first kappa shape index (κ1) is 23.3. The summed E-state index contributed by atoms with van der Waals surface area (Å²) in [5.41, 5.74) is 1.33. The van der Waals surface area contributed by atoms with Crippen LogP contribution in [0.25, 0.3) is 0 Å². The molecule has 1 aliphatic rings. The molecule has 3 amide bonds. The second kappa shape index (κ2) is 9.85. The summed E-state index contributed by atoms with van der Waals surface area (Å²) in [6, 6.07) is 19.0. The Balaban J connectivity index is 1.81. The average molecular weight is 439 g/mol. The molecule has 1 saturated heterocycles. The predicted octanol–water partition coefficient (Wildman–Crippen LogP) is 4.33. The molecule has 2 aromatic rings. The van der Waals surface area contributed by atoms with Gasteiger partial charge in [-0.3, -0.25) is 4.79 Å². The lowest BCUT2D eigenvalue weighted by molar-refractivity contribution is -0.132. The Morgan fingerprint density at radius 2 is 1.59 bits per heavy atom. The maximum absolute atomic E-state index is 13.3. The fourth-order valence-corrected chi connectivity index (χ4v) is 3.77. The summed E-state index contributed by atoms with van der Waals surface area (Å²) >= 11 is 0. The quantitative estimate of drug-likeness (QED) is 0.726. The van der Waals surface area contributed by atoms with Gasteiger partial charge in [0.05, 0.1) is 12.0 Å². The van der Waals surface area contributed by atoms with Crippen LogP contribution < -0.4 is 5.32 Å². The SMILES string of the molecule is C[C@H](CNC(=O)OC(C)(C)C)C(=O)N1C(=O)OC[C@H]1C(c1ccccc1)c1ccccc1. The van der Waals surface area contributed by atoms with E-state index < -0.39 is 35.7 Å². The van der Waals surface area contributed by atoms with Crippen LogP contribution in [0, 0.1) is 5.92 Å². The van der Waals surface area contributed by atoms with Crippen LogP contribution in [0.2, 0.25) is 0 Å². The van der Waals surface area contributed by atoms with Gasteiger partial charge in [0, 0.05) is 12.5 Å². The zero-order chi connectivity index (χ0) is 23.3. The molecule has 170 valence electrons. The van der Waals surface area contributed by atoms with E-state index in [1.165, 1.54) is 4.90 Å². The van der Waals surface area contributed by atoms with Gasteiger partial charge in [0.2, 0.25) is 5.91 Å². The number of nitrogens with zero attached hydrogens (tertiary/aromatic N) is 1. The van der Waals surface area contributed by atoms with Crippen LogP contribution in [-0.4, -0.2) is 47.8 Å². The maximum atomic E-state index is 13.3. The number of cyclic esters (lactones) is 1. The summed E-state index contributed by atoms with van der Waals surface area (Å²) in [5.74, 6) is -1.27. The van der Waals surface area contributed by atoms with Crippen molar-refractivity contribution in [3.63, 3.8) is 0 Å². The summed E-state index contributed by atoms with van der Waals surface area (Å²) in [4.78, 5) is 39.0. The Morgan fingerprint density at radius 3 is 2.09 bits per heavy atom. The smallest absolute Gasteiger partial charge is 0.417 e. The van der Waals surface area contributed by atoms with E-state index in [-0.39, 0.29) is 19.1 Å². The van der Waals surface area contributed by atoms with Gasteiger partial charge in [0.1, 0.15) is 12.2 Å². The number of nitrogens with one attached hydrogen (secondary N) is 1. The lowest BCUT2D eigenvalue weighted by Crippen LogP contribution is -2.47. The first-order valence-corrected chi connectivity index (χ1v) is 10.7. The topological polar surface area (TPSA) is 84.9 Å². The number of carbonyl (C=O) groups is 3. The van der Waals surface area contributed by atoms with Gasteiger partial charge in [-0.1, -0.05) is 67.6 Å². The van der Waals surface area contributed by atoms with Crippen LogP contribution >= 0.6 is 0 Å². The first-order chi connectivity index (χ1) is 15.2. The summed E-state index contributed by atoms with van der Waals surface area (Å²) in [6.07, 6.45) is -1.27. The van der Waals surface area contributed by atoms with Gasteiger partial charge in [0.15, 0.2) is 0 Å². The minimum absolute atomic E-state index is 0.0472. The predicted molar refractivity (Wildman–Crippen MR) is 120 cm³/mol. The molecule has 1 fully saturated rings. The number of alkyl carbamates (subject to hydrolysis) is 1. The van der Waals surface area contributed by atoms with Crippen LogP contribution in [0.15, 0.2) is 60.7 Å². The van der Waals surface area contributed by atoms with E-state index in [0.29, 0.717) is 0 Å². The number of carbonyl (C=O) groups excluding carboxylic acids is 3. The molecule has 7 nitrogen and oxygen atoms in total. The molecule has 1 N–H and O–H groups in total. The number of hydrogen-bond acceptors (Lipinski definition) is 5. The number of hydrogen-bond donors (Lipinski definition) is 1. The van der Waals surface area contributed by atoms with Crippen LogP contribution in [0.5, 0.6) is 0 Å². The highest BCUT2D eigenvalue weighted by Crippen LogP contribution is 2.34. The summed E-state index contributed by atoms with van der Waals surface area (Å²) in [5, 5.41) is 2.60. The van der Waals surface area contributed by atoms with E-state index in [1.807, 2.05) is 60.7 Å². The molecule has 0 aliphatic carbocycles. The van der Waals surface area contributed by atoms with Crippen molar-refractivity contribution in [3.05, 3.63) is 71.8 Å². The zero-order valence-corrected chi connectivity index (χ0v) is 18.9. The highest BCUT2D eigenvalue weighted by atomic mass is 16.6. The summed E-state index contributed by atoms with van der Waals surface area (Å²) in [6.45, 7) is 7.11. The zero-order valence-electron chi connectivity index (χ0n) is 18.9. The lowest BCUT2D eigenvalue weighted by atomic mass is 9.84. The third-order valence-corrected chi connectivity index (χ3v) is 5.22. The van der Waals surface area contributed by atoms with Gasteiger partial charge < -0.3 is 14.8 Å². The number of amides is 3. The molecule has 7 heteroatoms. The molecule has 1 heterocycles. The maximum Gasteiger partial charge on any atom is 0.417 e. The largest absolute Gasteiger partial charge is 0.447 e. The van der Waals surface area contributed by atoms with E-state index >= 15 is 0 Å². The van der Waals surface area contributed by atoms with Gasteiger partial charge in [-0.2, -0.15) is 0 Å². The number of benzene rings is 2. The Kier molecular flexibility index (Phi) is 7.18. The molecular formula is C25H30N2O5. The van der Waals surface area contributed by atoms with E-state index in [9.17, 15) is 14.4 Å². The van der Waals surface area contributed by atoms with Crippen molar-refractivity contribution in [1.82, 2.24) is 10.2 Å². The molecule has 0 aromatic heterocycles. The molecule has 0 bridgehead atoms. The average Bonchev–Trinajstić information content (AvgIpc) is 3.13. The van der Waals surface area contributed by atoms with Gasteiger partial charge in [-0.15, -0.1) is 0 Å². The minimum atomic E-state index is -0.666. The van der Waals surface area contributed by atoms with Crippen LogP contribution in [0.1, 0.15) is 44.7 Å². The molecule has 3 rings (SSSR count). The first-order valence-electron chi connectivity index (χ1n) is 10.7. The van der Waals surface area contributed by atoms with Crippen molar-refractivity contribution >= 4 is 18.1 Å². The lowest BCUT2D eigenvalue weighted by Gasteiger charge is -2.30. The van der Waals surface area contributed by atoms with Crippen molar-refractivity contribution in [2.45, 2.75) is 45.3 Å². The molecule has 32 heavy (non-hydrogen) atoms. The molecule has 2 aromatic carbocycles. The van der Waals surface area contributed by atoms with Crippen molar-refractivity contribution in [1.29, 1.82) is 0 Å². The molecule has 0 spiro atoms. The molecular weight excluding hydrogens is 408 g/mol. The van der Waals surface area contributed by atoms with Crippen molar-refractivity contribution in [2.24, 2.45) is 5.92 Å². The van der Waals surface area contributed by atoms with Gasteiger partial charge in [-0.05, 0) is 31.9 Å². The molecule has 0 saturated carbocycles. The Labute approximate surface area is 188 Å². The van der Waals surface area contributed by atoms with Crippen molar-refractivity contribution < 1.29 is 23.9 Å². The number of rotatable bonds is 6. The van der Waals surface area contributed by atoms with Crippen LogP contribution in [0.3, 0.4) is 0 Å². The highest BCUT2D eigenvalue weighted by Gasteiger charge is 2.44. The summed E-state index contributed by atoms with van der Waals surface area (Å²) in [7, 11) is 0. The van der Waals surface area contributed by atoms with Crippen molar-refractivity contribution in [2.75, 3.05) is 13.2 Å². The molecule has 1 aliphatic heterocycles. The number of imide groups is 1. The molecule has 2 atom stereocenters. The van der Waals surface area contributed by atoms with E-state index in [2.05, 4.69) is 5.32 Å². The molecule has 0 radical (unpaired) electrons. The fourth-order valence-electron chi connectivity index (χ4n) is 3.77. The molecule has 0 unspecified atom stereocenters. The van der Waals surface area contributed by atoms with Crippen LogP contribution in [-0.2, 0) is 14.3 Å². The monoisotopic (exact) mass is 438 g/mol. The van der Waals surface area contributed by atoms with E-state index in [4.69, 9.17) is 9.47 Å². The third-order valence-electron chi connectivity index (χ3n) is 5.22. The standard InChI is InChI=1S/C25H30N2O5/c1-17(15-26-23(29)32-25(2,3)4)22(28)27-20(16-31-24(27)30)21(18-11-7-5-8-12-18)19-13-9-6-10-14-19/h5-14,17,20-21H,15-16H2,1-4H3,(H,26,29)/t17-,20+/m1/s1.